The number of ether oxygens (including phenoxy) is 1. The monoisotopic (exact) mass is 375 g/mol. The summed E-state index contributed by atoms with van der Waals surface area (Å²) >= 11 is 6.06. The Hall–Kier alpha value is -2.93. The molecule has 8 heteroatoms. The zero-order valence-corrected chi connectivity index (χ0v) is 15.1. The first-order chi connectivity index (χ1) is 12.4. The maximum atomic E-state index is 12.3. The molecule has 1 aromatic carbocycles. The van der Waals surface area contributed by atoms with Gasteiger partial charge in [0.05, 0.1) is 23.4 Å². The van der Waals surface area contributed by atoms with E-state index in [1.54, 1.807) is 18.5 Å². The molecule has 0 radical (unpaired) electrons. The number of hydrogen-bond donors (Lipinski definition) is 1. The second kappa shape index (κ2) is 8.96. The van der Waals surface area contributed by atoms with E-state index in [2.05, 4.69) is 15.0 Å². The number of rotatable bonds is 6. The van der Waals surface area contributed by atoms with Crippen LogP contribution < -0.4 is 5.32 Å². The minimum Gasteiger partial charge on any atom is -0.465 e. The number of methoxy groups -OCH3 is 1. The highest BCUT2D eigenvalue weighted by atomic mass is 35.5. The average molecular weight is 376 g/mol. The standard InChI is InChI=1S/C18H18ClN3O4/c1-12(23)22(10-13-4-3-7-20-9-13)11-17(24)21-16-8-14(18(25)26-2)5-6-15(16)19/h3-9H,10-11H2,1-2H3,(H,21,24). The SMILES string of the molecule is COC(=O)c1ccc(Cl)c(NC(=O)CN(Cc2cccnc2)C(C)=O)c1. The maximum absolute atomic E-state index is 12.3. The molecule has 2 aromatic rings. The van der Waals surface area contributed by atoms with Gasteiger partial charge in [-0.05, 0) is 29.8 Å². The summed E-state index contributed by atoms with van der Waals surface area (Å²) in [6.45, 7) is 1.48. The predicted molar refractivity (Wildman–Crippen MR) is 96.7 cm³/mol. The highest BCUT2D eigenvalue weighted by molar-refractivity contribution is 6.33. The van der Waals surface area contributed by atoms with Crippen LogP contribution in [-0.2, 0) is 20.9 Å². The van der Waals surface area contributed by atoms with Gasteiger partial charge in [0.15, 0.2) is 0 Å². The molecule has 2 amide bonds. The molecule has 136 valence electrons. The van der Waals surface area contributed by atoms with Gasteiger partial charge in [0.1, 0.15) is 6.54 Å². The van der Waals surface area contributed by atoms with Gasteiger partial charge in [-0.15, -0.1) is 0 Å². The first-order valence-electron chi connectivity index (χ1n) is 7.73. The van der Waals surface area contributed by atoms with Crippen molar-refractivity contribution in [3.63, 3.8) is 0 Å². The lowest BCUT2D eigenvalue weighted by molar-refractivity contribution is -0.133. The Bertz CT molecular complexity index is 811. The lowest BCUT2D eigenvalue weighted by atomic mass is 10.2. The summed E-state index contributed by atoms with van der Waals surface area (Å²) < 4.78 is 4.64. The van der Waals surface area contributed by atoms with Gasteiger partial charge >= 0.3 is 5.97 Å². The normalized spacial score (nSPS) is 10.1. The van der Waals surface area contributed by atoms with Crippen molar-refractivity contribution in [2.75, 3.05) is 19.0 Å². The topological polar surface area (TPSA) is 88.6 Å². The lowest BCUT2D eigenvalue weighted by Crippen LogP contribution is -2.36. The molecule has 0 aliphatic heterocycles. The van der Waals surface area contributed by atoms with Crippen molar-refractivity contribution in [1.82, 2.24) is 9.88 Å². The third-order valence-electron chi connectivity index (χ3n) is 3.54. The molecular weight excluding hydrogens is 358 g/mol. The van der Waals surface area contributed by atoms with E-state index in [9.17, 15) is 14.4 Å². The second-order valence-electron chi connectivity index (χ2n) is 5.47. The van der Waals surface area contributed by atoms with Crippen LogP contribution in [0, 0.1) is 0 Å². The zero-order valence-electron chi connectivity index (χ0n) is 14.4. The van der Waals surface area contributed by atoms with Gasteiger partial charge in [-0.25, -0.2) is 4.79 Å². The zero-order chi connectivity index (χ0) is 19.1. The molecule has 0 fully saturated rings. The van der Waals surface area contributed by atoms with Crippen molar-refractivity contribution in [3.05, 3.63) is 58.9 Å². The molecule has 26 heavy (non-hydrogen) atoms. The number of halogens is 1. The highest BCUT2D eigenvalue weighted by Crippen LogP contribution is 2.23. The second-order valence-corrected chi connectivity index (χ2v) is 5.88. The molecule has 1 heterocycles. The number of anilines is 1. The number of carbonyl (C=O) groups is 3. The number of amides is 2. The Balaban J connectivity index is 2.08. The van der Waals surface area contributed by atoms with Crippen molar-refractivity contribution in [2.24, 2.45) is 0 Å². The van der Waals surface area contributed by atoms with Gasteiger partial charge in [0.2, 0.25) is 11.8 Å². The molecule has 0 bridgehead atoms. The third-order valence-corrected chi connectivity index (χ3v) is 3.87. The summed E-state index contributed by atoms with van der Waals surface area (Å²) in [5, 5.41) is 2.88. The first-order valence-corrected chi connectivity index (χ1v) is 8.10. The van der Waals surface area contributed by atoms with Gasteiger partial charge < -0.3 is 15.0 Å². The Morgan fingerprint density at radius 3 is 2.65 bits per heavy atom. The smallest absolute Gasteiger partial charge is 0.337 e. The number of carbonyl (C=O) groups excluding carboxylic acids is 3. The van der Waals surface area contributed by atoms with Gasteiger partial charge in [0, 0.05) is 25.9 Å². The van der Waals surface area contributed by atoms with Crippen molar-refractivity contribution in [1.29, 1.82) is 0 Å². The molecule has 0 spiro atoms. The number of nitrogens with one attached hydrogen (secondary N) is 1. The van der Waals surface area contributed by atoms with Crippen LogP contribution in [-0.4, -0.2) is 41.3 Å². The van der Waals surface area contributed by atoms with Crippen molar-refractivity contribution < 1.29 is 19.1 Å². The average Bonchev–Trinajstić information content (AvgIpc) is 2.63. The number of nitrogens with zero attached hydrogens (tertiary/aromatic N) is 2. The Morgan fingerprint density at radius 2 is 2.04 bits per heavy atom. The fraction of sp³-hybridized carbons (Fsp3) is 0.222. The number of aromatic nitrogens is 1. The van der Waals surface area contributed by atoms with Crippen LogP contribution in [0.15, 0.2) is 42.7 Å². The molecule has 0 saturated carbocycles. The Labute approximate surface area is 155 Å². The van der Waals surface area contributed by atoms with Crippen LogP contribution in [0.25, 0.3) is 0 Å². The molecule has 0 atom stereocenters. The highest BCUT2D eigenvalue weighted by Gasteiger charge is 2.16. The number of pyridine rings is 1. The van der Waals surface area contributed by atoms with Crippen molar-refractivity contribution in [2.45, 2.75) is 13.5 Å². The third kappa shape index (κ3) is 5.29. The van der Waals surface area contributed by atoms with Crippen molar-refractivity contribution in [3.8, 4) is 0 Å². The molecule has 1 N–H and O–H groups in total. The van der Waals surface area contributed by atoms with Crippen molar-refractivity contribution >= 4 is 35.1 Å². The van der Waals surface area contributed by atoms with E-state index < -0.39 is 11.9 Å². The maximum Gasteiger partial charge on any atom is 0.337 e. The van der Waals surface area contributed by atoms with Crippen LogP contribution >= 0.6 is 11.6 Å². The fourth-order valence-electron chi connectivity index (χ4n) is 2.22. The number of esters is 1. The van der Waals surface area contributed by atoms with Gasteiger partial charge in [0.25, 0.3) is 0 Å². The molecular formula is C18H18ClN3O4. The fourth-order valence-corrected chi connectivity index (χ4v) is 2.38. The number of benzene rings is 1. The summed E-state index contributed by atoms with van der Waals surface area (Å²) in [6.07, 6.45) is 3.26. The van der Waals surface area contributed by atoms with Crippen LogP contribution in [0.3, 0.4) is 0 Å². The van der Waals surface area contributed by atoms with Crippen LogP contribution in [0.2, 0.25) is 5.02 Å². The first kappa shape index (κ1) is 19.4. The lowest BCUT2D eigenvalue weighted by Gasteiger charge is -2.20. The van der Waals surface area contributed by atoms with E-state index in [0.717, 1.165) is 5.56 Å². The quantitative estimate of drug-likeness (QED) is 0.783. The minimum atomic E-state index is -0.542. The van der Waals surface area contributed by atoms with Crippen LogP contribution in [0.4, 0.5) is 5.69 Å². The largest absolute Gasteiger partial charge is 0.465 e. The molecule has 0 saturated heterocycles. The van der Waals surface area contributed by atoms with E-state index >= 15 is 0 Å². The van der Waals surface area contributed by atoms with E-state index in [1.807, 2.05) is 6.07 Å². The summed E-state index contributed by atoms with van der Waals surface area (Å²) in [4.78, 5) is 41.1. The summed E-state index contributed by atoms with van der Waals surface area (Å²) in [5.74, 6) is -1.23. The van der Waals surface area contributed by atoms with Gasteiger partial charge in [-0.1, -0.05) is 17.7 Å². The molecule has 1 aromatic heterocycles. The van der Waals surface area contributed by atoms with Gasteiger partial charge in [-0.2, -0.15) is 0 Å². The molecule has 7 nitrogen and oxygen atoms in total. The summed E-state index contributed by atoms with van der Waals surface area (Å²) in [6, 6.07) is 7.98. The molecule has 2 rings (SSSR count). The summed E-state index contributed by atoms with van der Waals surface area (Å²) in [5.41, 5.74) is 1.33. The minimum absolute atomic E-state index is 0.164. The van der Waals surface area contributed by atoms with Gasteiger partial charge in [-0.3, -0.25) is 14.6 Å². The molecule has 0 unspecified atom stereocenters. The summed E-state index contributed by atoms with van der Waals surface area (Å²) in [7, 11) is 1.26. The van der Waals surface area contributed by atoms with E-state index in [4.69, 9.17) is 11.6 Å². The molecule has 0 aliphatic carbocycles. The van der Waals surface area contributed by atoms with E-state index in [1.165, 1.54) is 37.1 Å². The Kier molecular flexibility index (Phi) is 6.68. The Morgan fingerprint density at radius 1 is 1.27 bits per heavy atom. The predicted octanol–water partition coefficient (Wildman–Crippen LogP) is 2.51. The molecule has 0 aliphatic rings. The van der Waals surface area contributed by atoms with Crippen LogP contribution in [0.1, 0.15) is 22.8 Å². The van der Waals surface area contributed by atoms with E-state index in [-0.39, 0.29) is 35.3 Å². The number of hydrogen-bond acceptors (Lipinski definition) is 5. The van der Waals surface area contributed by atoms with E-state index in [0.29, 0.717) is 0 Å². The van der Waals surface area contributed by atoms with Crippen LogP contribution in [0.5, 0.6) is 0 Å².